The highest BCUT2D eigenvalue weighted by Gasteiger charge is 2.26. The minimum absolute atomic E-state index is 0.0105. The smallest absolute Gasteiger partial charge is 0.320 e. The van der Waals surface area contributed by atoms with Crippen molar-refractivity contribution in [1.82, 2.24) is 9.80 Å². The molecule has 1 amide bonds. The van der Waals surface area contributed by atoms with Gasteiger partial charge in [0.2, 0.25) is 5.91 Å². The van der Waals surface area contributed by atoms with Crippen LogP contribution in [0.4, 0.5) is 0 Å². The highest BCUT2D eigenvalue weighted by atomic mass is 32.1. The molecule has 0 bridgehead atoms. The van der Waals surface area contributed by atoms with E-state index in [4.69, 9.17) is 5.11 Å². The van der Waals surface area contributed by atoms with Crippen molar-refractivity contribution in [3.05, 3.63) is 28.0 Å². The maximum Gasteiger partial charge on any atom is 0.320 e. The fraction of sp³-hybridized carbons (Fsp3) is 0.467. The average molecular weight is 308 g/mol. The molecule has 6 heteroatoms. The van der Waals surface area contributed by atoms with Gasteiger partial charge in [0.25, 0.3) is 0 Å². The molecule has 5 nitrogen and oxygen atoms in total. The van der Waals surface area contributed by atoms with Crippen molar-refractivity contribution in [2.75, 3.05) is 26.2 Å². The summed E-state index contributed by atoms with van der Waals surface area (Å²) in [6.45, 7) is 6.07. The molecule has 0 aliphatic carbocycles. The van der Waals surface area contributed by atoms with Crippen LogP contribution in [0.25, 0.3) is 6.08 Å². The van der Waals surface area contributed by atoms with Gasteiger partial charge in [-0.05, 0) is 32.1 Å². The third kappa shape index (κ3) is 4.15. The van der Waals surface area contributed by atoms with E-state index in [1.807, 2.05) is 30.0 Å². The lowest BCUT2D eigenvalue weighted by Gasteiger charge is -2.36. The Morgan fingerprint density at radius 3 is 2.48 bits per heavy atom. The number of carboxylic acid groups (broad SMARTS) is 1. The number of amides is 1. The Labute approximate surface area is 128 Å². The monoisotopic (exact) mass is 308 g/mol. The van der Waals surface area contributed by atoms with Crippen LogP contribution in [-0.4, -0.2) is 59.0 Å². The van der Waals surface area contributed by atoms with E-state index in [1.54, 1.807) is 29.2 Å². The summed E-state index contributed by atoms with van der Waals surface area (Å²) in [6.07, 6.45) is 3.44. The van der Waals surface area contributed by atoms with E-state index in [2.05, 4.69) is 0 Å². The summed E-state index contributed by atoms with van der Waals surface area (Å²) in [4.78, 5) is 29.0. The van der Waals surface area contributed by atoms with Crippen LogP contribution in [0, 0.1) is 6.92 Å². The van der Waals surface area contributed by atoms with E-state index in [9.17, 15) is 9.59 Å². The zero-order valence-corrected chi connectivity index (χ0v) is 13.1. The maximum absolute atomic E-state index is 12.1. The minimum Gasteiger partial charge on any atom is -0.480 e. The van der Waals surface area contributed by atoms with Crippen molar-refractivity contribution in [1.29, 1.82) is 0 Å². The molecule has 2 rings (SSSR count). The summed E-state index contributed by atoms with van der Waals surface area (Å²) in [5.74, 6) is -0.827. The van der Waals surface area contributed by atoms with Crippen LogP contribution >= 0.6 is 11.3 Å². The van der Waals surface area contributed by atoms with Gasteiger partial charge in [-0.15, -0.1) is 11.3 Å². The van der Waals surface area contributed by atoms with Gasteiger partial charge in [-0.3, -0.25) is 14.5 Å². The predicted molar refractivity (Wildman–Crippen MR) is 83.3 cm³/mol. The number of nitrogens with zero attached hydrogens (tertiary/aromatic N) is 2. The second kappa shape index (κ2) is 6.87. The van der Waals surface area contributed by atoms with Gasteiger partial charge < -0.3 is 10.0 Å². The molecule has 0 radical (unpaired) electrons. The molecule has 1 aromatic heterocycles. The van der Waals surface area contributed by atoms with Gasteiger partial charge in [0.1, 0.15) is 6.04 Å². The van der Waals surface area contributed by atoms with Crippen LogP contribution < -0.4 is 0 Å². The van der Waals surface area contributed by atoms with Crippen molar-refractivity contribution in [3.63, 3.8) is 0 Å². The first-order valence-corrected chi connectivity index (χ1v) is 7.79. The normalized spacial score (nSPS) is 18.1. The summed E-state index contributed by atoms with van der Waals surface area (Å²) in [6, 6.07) is 3.53. The second-order valence-corrected chi connectivity index (χ2v) is 6.48. The molecule has 0 aromatic carbocycles. The fourth-order valence-electron chi connectivity index (χ4n) is 2.29. The molecule has 1 aliphatic rings. The number of aryl methyl sites for hydroxylation is 1. The molecule has 1 aliphatic heterocycles. The van der Waals surface area contributed by atoms with E-state index < -0.39 is 12.0 Å². The zero-order chi connectivity index (χ0) is 15.4. The van der Waals surface area contributed by atoms with Crippen LogP contribution in [-0.2, 0) is 9.59 Å². The molecule has 0 saturated carbocycles. The third-order valence-corrected chi connectivity index (χ3v) is 4.65. The van der Waals surface area contributed by atoms with Crippen molar-refractivity contribution >= 4 is 29.3 Å². The van der Waals surface area contributed by atoms with Gasteiger partial charge in [0, 0.05) is 42.0 Å². The summed E-state index contributed by atoms with van der Waals surface area (Å²) in [5, 5.41) is 8.99. The molecule has 1 saturated heterocycles. The molecular weight excluding hydrogens is 288 g/mol. The Morgan fingerprint density at radius 2 is 1.95 bits per heavy atom. The Hall–Kier alpha value is -1.66. The van der Waals surface area contributed by atoms with E-state index in [0.717, 1.165) is 4.88 Å². The van der Waals surface area contributed by atoms with Gasteiger partial charge in [-0.25, -0.2) is 0 Å². The topological polar surface area (TPSA) is 60.9 Å². The highest BCUT2D eigenvalue weighted by molar-refractivity contribution is 7.12. The quantitative estimate of drug-likeness (QED) is 0.860. The molecule has 0 spiro atoms. The Morgan fingerprint density at radius 1 is 1.29 bits per heavy atom. The molecule has 21 heavy (non-hydrogen) atoms. The van der Waals surface area contributed by atoms with Crippen LogP contribution in [0.2, 0.25) is 0 Å². The number of rotatable bonds is 4. The van der Waals surface area contributed by atoms with E-state index in [0.29, 0.717) is 26.2 Å². The summed E-state index contributed by atoms with van der Waals surface area (Å²) >= 11 is 1.65. The van der Waals surface area contributed by atoms with Crippen molar-refractivity contribution in [2.24, 2.45) is 0 Å². The molecule has 1 aromatic rings. The lowest BCUT2D eigenvalue weighted by molar-refractivity contribution is -0.143. The molecule has 1 atom stereocenters. The molecule has 2 heterocycles. The average Bonchev–Trinajstić information content (AvgIpc) is 2.89. The van der Waals surface area contributed by atoms with Gasteiger partial charge in [-0.2, -0.15) is 0 Å². The Balaban J connectivity index is 1.86. The predicted octanol–water partition coefficient (Wildman–Crippen LogP) is 1.69. The Kier molecular flexibility index (Phi) is 5.14. The van der Waals surface area contributed by atoms with Gasteiger partial charge in [0.05, 0.1) is 0 Å². The lowest BCUT2D eigenvalue weighted by atomic mass is 10.2. The molecule has 1 unspecified atom stereocenters. The number of aliphatic carboxylic acids is 1. The van der Waals surface area contributed by atoms with Crippen molar-refractivity contribution < 1.29 is 14.7 Å². The number of piperazine rings is 1. The van der Waals surface area contributed by atoms with Crippen molar-refractivity contribution in [2.45, 2.75) is 19.9 Å². The largest absolute Gasteiger partial charge is 0.480 e. The fourth-order valence-corrected chi connectivity index (χ4v) is 3.07. The minimum atomic E-state index is -0.817. The number of carboxylic acids is 1. The SMILES string of the molecule is Cc1ccc(C=CC(=O)N2CCN(C(C)C(=O)O)CC2)s1. The number of hydrogen-bond donors (Lipinski definition) is 1. The summed E-state index contributed by atoms with van der Waals surface area (Å²) < 4.78 is 0. The van der Waals surface area contributed by atoms with Gasteiger partial charge in [-0.1, -0.05) is 0 Å². The first-order chi connectivity index (χ1) is 9.97. The zero-order valence-electron chi connectivity index (χ0n) is 12.3. The van der Waals surface area contributed by atoms with E-state index in [-0.39, 0.29) is 5.91 Å². The lowest BCUT2D eigenvalue weighted by Crippen LogP contribution is -2.52. The highest BCUT2D eigenvalue weighted by Crippen LogP contribution is 2.16. The number of carbonyl (C=O) groups excluding carboxylic acids is 1. The van der Waals surface area contributed by atoms with Crippen molar-refractivity contribution in [3.8, 4) is 0 Å². The molecular formula is C15H20N2O3S. The summed E-state index contributed by atoms with van der Waals surface area (Å²) in [7, 11) is 0. The number of thiophene rings is 1. The molecule has 1 N–H and O–H groups in total. The second-order valence-electron chi connectivity index (χ2n) is 5.16. The Bertz CT molecular complexity index is 545. The van der Waals surface area contributed by atoms with Crippen LogP contribution in [0.1, 0.15) is 16.7 Å². The first-order valence-electron chi connectivity index (χ1n) is 6.97. The van der Waals surface area contributed by atoms with E-state index in [1.165, 1.54) is 4.88 Å². The summed E-state index contributed by atoms with van der Waals surface area (Å²) in [5.41, 5.74) is 0. The first kappa shape index (κ1) is 15.7. The third-order valence-electron chi connectivity index (χ3n) is 3.68. The number of hydrogen-bond acceptors (Lipinski definition) is 4. The molecule has 1 fully saturated rings. The molecule has 114 valence electrons. The van der Waals surface area contributed by atoms with Crippen LogP contribution in [0.3, 0.4) is 0 Å². The van der Waals surface area contributed by atoms with Crippen LogP contribution in [0.5, 0.6) is 0 Å². The number of carbonyl (C=O) groups is 2. The maximum atomic E-state index is 12.1. The van der Waals surface area contributed by atoms with Gasteiger partial charge in [0.15, 0.2) is 0 Å². The van der Waals surface area contributed by atoms with Gasteiger partial charge >= 0.3 is 5.97 Å². The van der Waals surface area contributed by atoms with Crippen LogP contribution in [0.15, 0.2) is 18.2 Å². The standard InChI is InChI=1S/C15H20N2O3S/c1-11-3-4-13(21-11)5-6-14(18)17-9-7-16(8-10-17)12(2)15(19)20/h3-6,12H,7-10H2,1-2H3,(H,19,20). The van der Waals surface area contributed by atoms with E-state index >= 15 is 0 Å².